The molecule has 1 N–H and O–H groups in total. The average molecular weight is 376 g/mol. The fourth-order valence-electron chi connectivity index (χ4n) is 3.63. The summed E-state index contributed by atoms with van der Waals surface area (Å²) in [6, 6.07) is 8.14. The molecule has 0 unspecified atom stereocenters. The van der Waals surface area contributed by atoms with Crippen LogP contribution in [-0.4, -0.2) is 53.9 Å². The maximum atomic E-state index is 6.32. The summed E-state index contributed by atoms with van der Waals surface area (Å²) in [7, 11) is 2.01. The van der Waals surface area contributed by atoms with Gasteiger partial charge in [0.2, 0.25) is 0 Å². The highest BCUT2D eigenvalue weighted by Gasteiger charge is 2.18. The van der Waals surface area contributed by atoms with E-state index < -0.39 is 0 Å². The molecule has 1 aliphatic rings. The predicted molar refractivity (Wildman–Crippen MR) is 109 cm³/mol. The molecular formula is C20H30ClN5. The van der Waals surface area contributed by atoms with Crippen LogP contribution in [0.4, 0.5) is 5.69 Å². The molecule has 0 atom stereocenters. The Bertz CT molecular complexity index is 719. The molecule has 6 heteroatoms. The maximum absolute atomic E-state index is 6.32. The first-order valence-corrected chi connectivity index (χ1v) is 9.85. The first-order chi connectivity index (χ1) is 12.6. The first kappa shape index (κ1) is 19.2. The Morgan fingerprint density at radius 1 is 1.12 bits per heavy atom. The van der Waals surface area contributed by atoms with Crippen molar-refractivity contribution in [3.8, 4) is 0 Å². The highest BCUT2D eigenvalue weighted by molar-refractivity contribution is 6.33. The quantitative estimate of drug-likeness (QED) is 0.755. The van der Waals surface area contributed by atoms with E-state index in [4.69, 9.17) is 11.6 Å². The molecule has 0 aliphatic carbocycles. The number of aryl methyl sites for hydroxylation is 2. The highest BCUT2D eigenvalue weighted by atomic mass is 35.5. The molecule has 3 rings (SSSR count). The molecule has 142 valence electrons. The van der Waals surface area contributed by atoms with Crippen LogP contribution in [0.15, 0.2) is 24.3 Å². The van der Waals surface area contributed by atoms with Crippen LogP contribution in [0.3, 0.4) is 0 Å². The number of rotatable bonds is 7. The topological polar surface area (TPSA) is 36.3 Å². The smallest absolute Gasteiger partial charge is 0.0641 e. The fourth-order valence-corrected chi connectivity index (χ4v) is 3.89. The summed E-state index contributed by atoms with van der Waals surface area (Å²) in [5.41, 5.74) is 4.89. The second kappa shape index (κ2) is 8.89. The lowest BCUT2D eigenvalue weighted by molar-refractivity contribution is 0.254. The van der Waals surface area contributed by atoms with E-state index in [1.54, 1.807) is 0 Å². The summed E-state index contributed by atoms with van der Waals surface area (Å²) in [4.78, 5) is 4.95. The van der Waals surface area contributed by atoms with E-state index in [1.165, 1.54) is 17.7 Å². The van der Waals surface area contributed by atoms with E-state index in [2.05, 4.69) is 46.2 Å². The summed E-state index contributed by atoms with van der Waals surface area (Å²) in [5.74, 6) is 0. The number of halogens is 1. The maximum Gasteiger partial charge on any atom is 0.0641 e. The van der Waals surface area contributed by atoms with Crippen molar-refractivity contribution >= 4 is 17.3 Å². The van der Waals surface area contributed by atoms with Gasteiger partial charge in [0.15, 0.2) is 0 Å². The minimum Gasteiger partial charge on any atom is -0.368 e. The van der Waals surface area contributed by atoms with E-state index in [0.717, 1.165) is 62.2 Å². The zero-order valence-electron chi connectivity index (χ0n) is 16.1. The molecular weight excluding hydrogens is 346 g/mol. The zero-order chi connectivity index (χ0) is 18.5. The van der Waals surface area contributed by atoms with Gasteiger partial charge < -0.3 is 10.2 Å². The lowest BCUT2D eigenvalue weighted by Gasteiger charge is -2.36. The van der Waals surface area contributed by atoms with Crippen molar-refractivity contribution in [2.75, 3.05) is 44.2 Å². The Morgan fingerprint density at radius 3 is 2.50 bits per heavy atom. The fraction of sp³-hybridized carbons (Fsp3) is 0.550. The number of piperazine rings is 1. The number of para-hydroxylation sites is 1. The van der Waals surface area contributed by atoms with Crippen molar-refractivity contribution < 1.29 is 0 Å². The van der Waals surface area contributed by atoms with Gasteiger partial charge in [-0.25, -0.2) is 0 Å². The van der Waals surface area contributed by atoms with Gasteiger partial charge in [-0.3, -0.25) is 9.58 Å². The molecule has 5 nitrogen and oxygen atoms in total. The lowest BCUT2D eigenvalue weighted by Crippen LogP contribution is -2.47. The predicted octanol–water partition coefficient (Wildman–Crippen LogP) is 2.99. The van der Waals surface area contributed by atoms with Crippen LogP contribution in [0.1, 0.15) is 23.4 Å². The molecule has 1 aliphatic heterocycles. The van der Waals surface area contributed by atoms with Crippen LogP contribution in [0.25, 0.3) is 0 Å². The Morgan fingerprint density at radius 2 is 1.85 bits per heavy atom. The summed E-state index contributed by atoms with van der Waals surface area (Å²) in [6.07, 6.45) is 1.17. The molecule has 0 radical (unpaired) electrons. The summed E-state index contributed by atoms with van der Waals surface area (Å²) < 4.78 is 1.96. The van der Waals surface area contributed by atoms with Gasteiger partial charge in [0.05, 0.1) is 16.4 Å². The van der Waals surface area contributed by atoms with E-state index in [0.29, 0.717) is 0 Å². The van der Waals surface area contributed by atoms with E-state index in [9.17, 15) is 0 Å². The second-order valence-electron chi connectivity index (χ2n) is 7.08. The van der Waals surface area contributed by atoms with Gasteiger partial charge >= 0.3 is 0 Å². The van der Waals surface area contributed by atoms with Crippen LogP contribution in [0.5, 0.6) is 0 Å². The van der Waals surface area contributed by atoms with Gasteiger partial charge in [-0.2, -0.15) is 5.10 Å². The second-order valence-corrected chi connectivity index (χ2v) is 7.49. The molecule has 0 spiro atoms. The summed E-state index contributed by atoms with van der Waals surface area (Å²) >= 11 is 6.32. The molecule has 1 aromatic heterocycles. The Labute approximate surface area is 161 Å². The van der Waals surface area contributed by atoms with Gasteiger partial charge in [0.1, 0.15) is 0 Å². The Hall–Kier alpha value is -1.56. The van der Waals surface area contributed by atoms with Crippen molar-refractivity contribution in [3.63, 3.8) is 0 Å². The van der Waals surface area contributed by atoms with Crippen LogP contribution in [-0.2, 0) is 13.6 Å². The third kappa shape index (κ3) is 4.58. The largest absolute Gasteiger partial charge is 0.368 e. The monoisotopic (exact) mass is 375 g/mol. The lowest BCUT2D eigenvalue weighted by atomic mass is 10.2. The number of nitrogens with zero attached hydrogens (tertiary/aromatic N) is 4. The minimum atomic E-state index is 0.853. The molecule has 2 heterocycles. The van der Waals surface area contributed by atoms with Crippen molar-refractivity contribution in [3.05, 3.63) is 46.2 Å². The van der Waals surface area contributed by atoms with E-state index in [-0.39, 0.29) is 0 Å². The van der Waals surface area contributed by atoms with Crippen LogP contribution >= 0.6 is 11.6 Å². The van der Waals surface area contributed by atoms with Crippen LogP contribution in [0, 0.1) is 13.8 Å². The standard InChI is InChI=1S/C20H30ClN5/c1-16-18(17(2)24(3)23-16)15-22-9-6-10-25-11-13-26(14-12-25)20-8-5-4-7-19(20)21/h4-5,7-8,22H,6,9-15H2,1-3H3. The van der Waals surface area contributed by atoms with E-state index >= 15 is 0 Å². The summed E-state index contributed by atoms with van der Waals surface area (Å²) in [5, 5.41) is 8.90. The minimum absolute atomic E-state index is 0.853. The molecule has 0 amide bonds. The van der Waals surface area contributed by atoms with Crippen molar-refractivity contribution in [2.45, 2.75) is 26.8 Å². The van der Waals surface area contributed by atoms with Gasteiger partial charge in [-0.1, -0.05) is 23.7 Å². The number of anilines is 1. The third-order valence-electron chi connectivity index (χ3n) is 5.35. The van der Waals surface area contributed by atoms with Crippen LogP contribution in [0.2, 0.25) is 5.02 Å². The molecule has 1 aromatic carbocycles. The number of hydrogen-bond donors (Lipinski definition) is 1. The van der Waals surface area contributed by atoms with Gasteiger partial charge in [0, 0.05) is 51.0 Å². The third-order valence-corrected chi connectivity index (χ3v) is 5.67. The molecule has 0 bridgehead atoms. The van der Waals surface area contributed by atoms with Gasteiger partial charge in [-0.05, 0) is 45.5 Å². The molecule has 1 saturated heterocycles. The van der Waals surface area contributed by atoms with Crippen LogP contribution < -0.4 is 10.2 Å². The Balaban J connectivity index is 1.35. The number of benzene rings is 1. The van der Waals surface area contributed by atoms with Gasteiger partial charge in [0.25, 0.3) is 0 Å². The molecule has 0 saturated carbocycles. The first-order valence-electron chi connectivity index (χ1n) is 9.48. The van der Waals surface area contributed by atoms with E-state index in [1.807, 2.05) is 23.9 Å². The number of hydrogen-bond acceptors (Lipinski definition) is 4. The number of nitrogens with one attached hydrogen (secondary N) is 1. The average Bonchev–Trinajstić information content (AvgIpc) is 2.88. The summed E-state index contributed by atoms with van der Waals surface area (Å²) in [6.45, 7) is 11.6. The number of aromatic nitrogens is 2. The highest BCUT2D eigenvalue weighted by Crippen LogP contribution is 2.25. The molecule has 2 aromatic rings. The Kier molecular flexibility index (Phi) is 6.57. The van der Waals surface area contributed by atoms with Crippen molar-refractivity contribution in [1.82, 2.24) is 20.0 Å². The molecule has 26 heavy (non-hydrogen) atoms. The normalized spacial score (nSPS) is 15.6. The van der Waals surface area contributed by atoms with Gasteiger partial charge in [-0.15, -0.1) is 0 Å². The van der Waals surface area contributed by atoms with Crippen molar-refractivity contribution in [1.29, 1.82) is 0 Å². The zero-order valence-corrected chi connectivity index (χ0v) is 16.9. The molecule has 1 fully saturated rings. The SMILES string of the molecule is Cc1nn(C)c(C)c1CNCCCN1CCN(c2ccccc2Cl)CC1. The van der Waals surface area contributed by atoms with Crippen molar-refractivity contribution in [2.24, 2.45) is 7.05 Å².